The number of thiazole rings is 1. The Hall–Kier alpha value is -0.940. The standard InChI is InChI=1S/C16H20ClN3S/c1-19-6-8-20(9-7-19)11-13-4-2-3-5-15(13)16-18-14(10-17)12-21-16/h2-5,12H,6-11H2,1H3. The fourth-order valence-corrected chi connectivity index (χ4v) is 3.71. The SMILES string of the molecule is CN1CCN(Cc2ccccc2-c2nc(CCl)cs2)CC1. The smallest absolute Gasteiger partial charge is 0.123 e. The maximum absolute atomic E-state index is 5.87. The van der Waals surface area contributed by atoms with Crippen LogP contribution in [0.25, 0.3) is 10.6 Å². The average Bonchev–Trinajstić information content (AvgIpc) is 2.99. The Balaban J connectivity index is 1.79. The topological polar surface area (TPSA) is 19.4 Å². The molecule has 3 nitrogen and oxygen atoms in total. The molecule has 1 saturated heterocycles. The number of nitrogens with zero attached hydrogens (tertiary/aromatic N) is 3. The highest BCUT2D eigenvalue weighted by atomic mass is 35.5. The molecule has 1 fully saturated rings. The summed E-state index contributed by atoms with van der Waals surface area (Å²) in [7, 11) is 2.19. The summed E-state index contributed by atoms with van der Waals surface area (Å²) >= 11 is 7.55. The molecule has 21 heavy (non-hydrogen) atoms. The number of hydrogen-bond acceptors (Lipinski definition) is 4. The van der Waals surface area contributed by atoms with E-state index in [0.29, 0.717) is 5.88 Å². The van der Waals surface area contributed by atoms with Gasteiger partial charge >= 0.3 is 0 Å². The first-order valence-corrected chi connectivity index (χ1v) is 8.67. The monoisotopic (exact) mass is 321 g/mol. The van der Waals surface area contributed by atoms with Crippen molar-refractivity contribution >= 4 is 22.9 Å². The molecule has 0 unspecified atom stereocenters. The minimum Gasteiger partial charge on any atom is -0.304 e. The Morgan fingerprint density at radius 1 is 1.19 bits per heavy atom. The van der Waals surface area contributed by atoms with Crippen LogP contribution in [0.2, 0.25) is 0 Å². The van der Waals surface area contributed by atoms with Gasteiger partial charge in [-0.3, -0.25) is 4.90 Å². The van der Waals surface area contributed by atoms with E-state index in [0.717, 1.165) is 43.4 Å². The number of hydrogen-bond donors (Lipinski definition) is 0. The zero-order valence-electron chi connectivity index (χ0n) is 12.3. The van der Waals surface area contributed by atoms with Crippen molar-refractivity contribution in [1.82, 2.24) is 14.8 Å². The molecule has 0 saturated carbocycles. The Morgan fingerprint density at radius 3 is 2.67 bits per heavy atom. The van der Waals surface area contributed by atoms with Crippen LogP contribution < -0.4 is 0 Å². The molecule has 1 aliphatic rings. The van der Waals surface area contributed by atoms with Gasteiger partial charge in [-0.1, -0.05) is 24.3 Å². The summed E-state index contributed by atoms with van der Waals surface area (Å²) in [5.74, 6) is 0.483. The van der Waals surface area contributed by atoms with Crippen molar-refractivity contribution in [2.75, 3.05) is 33.2 Å². The summed E-state index contributed by atoms with van der Waals surface area (Å²) in [6, 6.07) is 8.59. The zero-order valence-corrected chi connectivity index (χ0v) is 13.8. The largest absolute Gasteiger partial charge is 0.304 e. The normalized spacial score (nSPS) is 17.2. The minimum absolute atomic E-state index is 0.483. The summed E-state index contributed by atoms with van der Waals surface area (Å²) in [6.07, 6.45) is 0. The van der Waals surface area contributed by atoms with Crippen molar-refractivity contribution in [3.8, 4) is 10.6 Å². The number of piperazine rings is 1. The number of rotatable bonds is 4. The van der Waals surface area contributed by atoms with E-state index >= 15 is 0 Å². The van der Waals surface area contributed by atoms with Gasteiger partial charge in [0.05, 0.1) is 11.6 Å². The van der Waals surface area contributed by atoms with Gasteiger partial charge in [0.2, 0.25) is 0 Å². The molecule has 0 bridgehead atoms. The van der Waals surface area contributed by atoms with Gasteiger partial charge in [-0.15, -0.1) is 22.9 Å². The van der Waals surface area contributed by atoms with E-state index in [4.69, 9.17) is 11.6 Å². The van der Waals surface area contributed by atoms with E-state index in [1.807, 2.05) is 0 Å². The van der Waals surface area contributed by atoms with E-state index < -0.39 is 0 Å². The van der Waals surface area contributed by atoms with Crippen LogP contribution in [0.3, 0.4) is 0 Å². The second-order valence-electron chi connectivity index (χ2n) is 5.51. The molecule has 1 aromatic carbocycles. The number of likely N-dealkylation sites (N-methyl/N-ethyl adjacent to an activating group) is 1. The van der Waals surface area contributed by atoms with Crippen molar-refractivity contribution < 1.29 is 0 Å². The lowest BCUT2D eigenvalue weighted by atomic mass is 10.1. The lowest BCUT2D eigenvalue weighted by Crippen LogP contribution is -2.43. The highest BCUT2D eigenvalue weighted by Crippen LogP contribution is 2.28. The van der Waals surface area contributed by atoms with Crippen molar-refractivity contribution in [1.29, 1.82) is 0 Å². The molecule has 5 heteroatoms. The highest BCUT2D eigenvalue weighted by molar-refractivity contribution is 7.13. The number of aromatic nitrogens is 1. The van der Waals surface area contributed by atoms with E-state index in [1.54, 1.807) is 11.3 Å². The second-order valence-corrected chi connectivity index (χ2v) is 6.64. The molecule has 2 aromatic rings. The van der Waals surface area contributed by atoms with Crippen LogP contribution in [-0.4, -0.2) is 48.0 Å². The molecule has 0 aliphatic carbocycles. The van der Waals surface area contributed by atoms with Crippen LogP contribution in [0.4, 0.5) is 0 Å². The van der Waals surface area contributed by atoms with Gasteiger partial charge in [-0.2, -0.15) is 0 Å². The quantitative estimate of drug-likeness (QED) is 0.806. The van der Waals surface area contributed by atoms with Crippen molar-refractivity contribution in [2.45, 2.75) is 12.4 Å². The Kier molecular flexibility index (Phi) is 4.91. The molecule has 0 radical (unpaired) electrons. The minimum atomic E-state index is 0.483. The van der Waals surface area contributed by atoms with Crippen LogP contribution in [0.1, 0.15) is 11.3 Å². The van der Waals surface area contributed by atoms with E-state index in [2.05, 4.69) is 51.5 Å². The Labute approximate surface area is 135 Å². The maximum Gasteiger partial charge on any atom is 0.123 e. The summed E-state index contributed by atoms with van der Waals surface area (Å²) in [5.41, 5.74) is 3.57. The molecule has 0 atom stereocenters. The van der Waals surface area contributed by atoms with Gasteiger partial charge in [0.1, 0.15) is 5.01 Å². The van der Waals surface area contributed by atoms with E-state index in [-0.39, 0.29) is 0 Å². The number of halogens is 1. The van der Waals surface area contributed by atoms with Crippen molar-refractivity contribution in [2.24, 2.45) is 0 Å². The second kappa shape index (κ2) is 6.88. The first-order chi connectivity index (χ1) is 10.3. The molecule has 0 spiro atoms. The highest BCUT2D eigenvalue weighted by Gasteiger charge is 2.16. The fraction of sp³-hybridized carbons (Fsp3) is 0.438. The van der Waals surface area contributed by atoms with Gasteiger partial charge < -0.3 is 4.90 Å². The third-order valence-corrected chi connectivity index (χ3v) is 5.12. The van der Waals surface area contributed by atoms with Gasteiger partial charge in [0, 0.05) is 43.7 Å². The molecular weight excluding hydrogens is 302 g/mol. The molecule has 1 aliphatic heterocycles. The Morgan fingerprint density at radius 2 is 1.95 bits per heavy atom. The lowest BCUT2D eigenvalue weighted by molar-refractivity contribution is 0.148. The number of benzene rings is 1. The molecule has 0 N–H and O–H groups in total. The average molecular weight is 322 g/mol. The van der Waals surface area contributed by atoms with E-state index in [1.165, 1.54) is 11.1 Å². The summed E-state index contributed by atoms with van der Waals surface area (Å²) < 4.78 is 0. The van der Waals surface area contributed by atoms with Gasteiger partial charge in [-0.25, -0.2) is 4.98 Å². The molecule has 0 amide bonds. The van der Waals surface area contributed by atoms with E-state index in [9.17, 15) is 0 Å². The van der Waals surface area contributed by atoms with Gasteiger partial charge in [0.25, 0.3) is 0 Å². The molecule has 3 rings (SSSR count). The van der Waals surface area contributed by atoms with Crippen molar-refractivity contribution in [3.63, 3.8) is 0 Å². The third-order valence-electron chi connectivity index (χ3n) is 3.93. The van der Waals surface area contributed by atoms with Crippen LogP contribution in [0, 0.1) is 0 Å². The van der Waals surface area contributed by atoms with Crippen LogP contribution in [0.5, 0.6) is 0 Å². The van der Waals surface area contributed by atoms with Crippen LogP contribution >= 0.6 is 22.9 Å². The Bertz CT molecular complexity index is 591. The molecule has 112 valence electrons. The van der Waals surface area contributed by atoms with Crippen molar-refractivity contribution in [3.05, 3.63) is 40.9 Å². The lowest BCUT2D eigenvalue weighted by Gasteiger charge is -2.32. The molecular formula is C16H20ClN3S. The predicted molar refractivity (Wildman–Crippen MR) is 89.9 cm³/mol. The first kappa shape index (κ1) is 15.0. The van der Waals surface area contributed by atoms with Gasteiger partial charge in [0.15, 0.2) is 0 Å². The summed E-state index contributed by atoms with van der Waals surface area (Å²) in [5, 5.41) is 3.13. The summed E-state index contributed by atoms with van der Waals surface area (Å²) in [6.45, 7) is 5.57. The molecule has 2 heterocycles. The van der Waals surface area contributed by atoms with Crippen LogP contribution in [-0.2, 0) is 12.4 Å². The summed E-state index contributed by atoms with van der Waals surface area (Å²) in [4.78, 5) is 9.53. The third kappa shape index (κ3) is 3.64. The molecule has 1 aromatic heterocycles. The maximum atomic E-state index is 5.87. The number of alkyl halides is 1. The van der Waals surface area contributed by atoms with Gasteiger partial charge in [-0.05, 0) is 12.6 Å². The zero-order chi connectivity index (χ0) is 14.7. The fourth-order valence-electron chi connectivity index (χ4n) is 2.61. The first-order valence-electron chi connectivity index (χ1n) is 7.26. The van der Waals surface area contributed by atoms with Crippen LogP contribution in [0.15, 0.2) is 29.6 Å². The predicted octanol–water partition coefficient (Wildman–Crippen LogP) is 3.30.